The normalized spacial score (nSPS) is 14.5. The number of unbranched alkanes of at least 4 members (excludes halogenated alkanes) is 5. The first-order valence-electron chi connectivity index (χ1n) is 11.6. The number of carbonyl (C=O) groups is 2. The molecule has 33 heavy (non-hydrogen) atoms. The van der Waals surface area contributed by atoms with Gasteiger partial charge in [-0.15, -0.1) is 0 Å². The van der Waals surface area contributed by atoms with Gasteiger partial charge in [-0.25, -0.2) is 4.79 Å². The van der Waals surface area contributed by atoms with Gasteiger partial charge in [0.2, 0.25) is 13.2 Å². The van der Waals surface area contributed by atoms with E-state index in [9.17, 15) is 14.1 Å². The van der Waals surface area contributed by atoms with Crippen LogP contribution >= 0.6 is 11.8 Å². The van der Waals surface area contributed by atoms with Gasteiger partial charge >= 0.3 is 5.97 Å². The molecule has 0 fully saturated rings. The summed E-state index contributed by atoms with van der Waals surface area (Å²) in [5.74, 6) is 2.21. The van der Waals surface area contributed by atoms with Crippen LogP contribution in [0.2, 0.25) is 0 Å². The van der Waals surface area contributed by atoms with Gasteiger partial charge in [0.1, 0.15) is 17.0 Å². The van der Waals surface area contributed by atoms with Crippen molar-refractivity contribution in [3.05, 3.63) is 23.8 Å². The van der Waals surface area contributed by atoms with E-state index in [0.717, 1.165) is 35.8 Å². The fourth-order valence-corrected chi connectivity index (χ4v) is 5.06. The van der Waals surface area contributed by atoms with Crippen LogP contribution in [0.15, 0.2) is 18.2 Å². The van der Waals surface area contributed by atoms with E-state index in [2.05, 4.69) is 19.2 Å². The number of ether oxygens (including phenoxy) is 2. The molecule has 3 atom stereocenters. The van der Waals surface area contributed by atoms with Crippen LogP contribution < -0.4 is 14.8 Å². The SMILES string of the molecule is CCCCCCCC[S+]([O-])C(C)Cc1ccc2c(c1)OCO2.CSCC[C@H](NC=O)C(=O)O. The summed E-state index contributed by atoms with van der Waals surface area (Å²) in [6, 6.07) is 5.27. The average Bonchev–Trinajstić information content (AvgIpc) is 3.27. The maximum absolute atomic E-state index is 12.3. The maximum Gasteiger partial charge on any atom is 0.326 e. The quantitative estimate of drug-likeness (QED) is 0.196. The molecule has 1 heterocycles. The van der Waals surface area contributed by atoms with Crippen molar-refractivity contribution in [1.82, 2.24) is 5.32 Å². The van der Waals surface area contributed by atoms with Crippen LogP contribution in [0.4, 0.5) is 0 Å². The highest BCUT2D eigenvalue weighted by Gasteiger charge is 2.19. The van der Waals surface area contributed by atoms with Crippen molar-refractivity contribution in [2.24, 2.45) is 0 Å². The summed E-state index contributed by atoms with van der Waals surface area (Å²) in [5.41, 5.74) is 1.17. The lowest BCUT2D eigenvalue weighted by Crippen LogP contribution is -2.36. The Morgan fingerprint density at radius 2 is 1.94 bits per heavy atom. The summed E-state index contributed by atoms with van der Waals surface area (Å²) in [6.07, 6.45) is 11.1. The van der Waals surface area contributed by atoms with Gasteiger partial charge in [0, 0.05) is 6.42 Å². The van der Waals surface area contributed by atoms with Crippen LogP contribution in [-0.2, 0) is 27.2 Å². The minimum absolute atomic E-state index is 0.191. The molecule has 1 aromatic carbocycles. The third kappa shape index (κ3) is 12.5. The third-order valence-corrected chi connectivity index (χ3v) is 7.69. The van der Waals surface area contributed by atoms with E-state index in [1.807, 2.05) is 24.5 Å². The van der Waals surface area contributed by atoms with Crippen molar-refractivity contribution < 1.29 is 28.7 Å². The number of amides is 1. The van der Waals surface area contributed by atoms with Gasteiger partial charge in [0.15, 0.2) is 11.5 Å². The zero-order chi connectivity index (χ0) is 24.5. The molecule has 2 N–H and O–H groups in total. The summed E-state index contributed by atoms with van der Waals surface area (Å²) in [7, 11) is 0. The molecule has 7 nitrogen and oxygen atoms in total. The van der Waals surface area contributed by atoms with Crippen molar-refractivity contribution in [1.29, 1.82) is 0 Å². The fourth-order valence-electron chi connectivity index (χ4n) is 3.31. The van der Waals surface area contributed by atoms with Gasteiger partial charge in [-0.2, -0.15) is 11.8 Å². The highest BCUT2D eigenvalue weighted by molar-refractivity contribution is 7.98. The van der Waals surface area contributed by atoms with Crippen molar-refractivity contribution in [3.8, 4) is 11.5 Å². The largest absolute Gasteiger partial charge is 0.616 e. The van der Waals surface area contributed by atoms with Gasteiger partial charge in [0.25, 0.3) is 0 Å². The van der Waals surface area contributed by atoms with Gasteiger partial charge in [-0.05, 0) is 55.9 Å². The van der Waals surface area contributed by atoms with E-state index in [1.54, 1.807) is 11.8 Å². The standard InChI is InChI=1S/C18H28O3S.C6H11NO3S/c1-3-4-5-6-7-8-11-22(19)15(2)12-16-9-10-17-18(13-16)21-14-20-17;1-11-3-2-5(6(9)10)7-4-8/h9-10,13,15H,3-8,11-12,14H2,1-2H3;4-5H,2-3H2,1H3,(H,7,8)(H,9,10)/t;5-/m.0/s1. The van der Waals surface area contributed by atoms with Gasteiger partial charge in [-0.1, -0.05) is 49.8 Å². The number of carboxylic acids is 1. The van der Waals surface area contributed by atoms with E-state index < -0.39 is 23.2 Å². The predicted octanol–water partition coefficient (Wildman–Crippen LogP) is 4.39. The molecule has 0 aromatic heterocycles. The molecular formula is C24H39NO6S2. The Bertz CT molecular complexity index is 691. The molecule has 2 rings (SSSR count). The molecule has 188 valence electrons. The second kappa shape index (κ2) is 17.8. The number of fused-ring (bicyclic) bond motifs is 1. The Morgan fingerprint density at radius 1 is 1.24 bits per heavy atom. The zero-order valence-electron chi connectivity index (χ0n) is 20.0. The van der Waals surface area contributed by atoms with Crippen molar-refractivity contribution in [3.63, 3.8) is 0 Å². The van der Waals surface area contributed by atoms with Crippen LogP contribution in [0.3, 0.4) is 0 Å². The summed E-state index contributed by atoms with van der Waals surface area (Å²) in [5, 5.41) is 10.9. The van der Waals surface area contributed by atoms with Crippen LogP contribution in [0.5, 0.6) is 11.5 Å². The third-order valence-electron chi connectivity index (χ3n) is 5.29. The van der Waals surface area contributed by atoms with E-state index >= 15 is 0 Å². The van der Waals surface area contributed by atoms with Gasteiger partial charge < -0.3 is 24.4 Å². The number of benzene rings is 1. The predicted molar refractivity (Wildman–Crippen MR) is 136 cm³/mol. The smallest absolute Gasteiger partial charge is 0.326 e. The van der Waals surface area contributed by atoms with Gasteiger partial charge in [-0.3, -0.25) is 4.79 Å². The lowest BCUT2D eigenvalue weighted by Gasteiger charge is -2.18. The Labute approximate surface area is 205 Å². The van der Waals surface area contributed by atoms with Crippen LogP contribution in [0.25, 0.3) is 0 Å². The molecule has 0 aliphatic carbocycles. The first-order valence-corrected chi connectivity index (χ1v) is 14.4. The molecule has 1 aliphatic heterocycles. The molecule has 1 aromatic rings. The number of carboxylic acid groups (broad SMARTS) is 1. The minimum atomic E-state index is -0.980. The summed E-state index contributed by atoms with van der Waals surface area (Å²) < 4.78 is 23.0. The van der Waals surface area contributed by atoms with Gasteiger partial charge in [0.05, 0.1) is 0 Å². The maximum atomic E-state index is 12.3. The van der Waals surface area contributed by atoms with Crippen molar-refractivity contribution in [2.45, 2.75) is 76.5 Å². The van der Waals surface area contributed by atoms with Crippen molar-refractivity contribution in [2.75, 3.05) is 24.6 Å². The van der Waals surface area contributed by atoms with E-state index in [4.69, 9.17) is 14.6 Å². The molecule has 1 amide bonds. The topological polar surface area (TPSA) is 108 Å². The van der Waals surface area contributed by atoms with E-state index in [1.165, 1.54) is 37.7 Å². The number of thioether (sulfide) groups is 1. The molecule has 0 spiro atoms. The number of aliphatic carboxylic acids is 1. The molecule has 0 saturated heterocycles. The number of hydrogen-bond acceptors (Lipinski definition) is 6. The number of rotatable bonds is 16. The second-order valence-electron chi connectivity index (χ2n) is 8.01. The summed E-state index contributed by atoms with van der Waals surface area (Å²) in [6.45, 7) is 4.61. The molecule has 1 aliphatic rings. The Morgan fingerprint density at radius 3 is 2.61 bits per heavy atom. The highest BCUT2D eigenvalue weighted by Crippen LogP contribution is 2.33. The minimum Gasteiger partial charge on any atom is -0.616 e. The summed E-state index contributed by atoms with van der Waals surface area (Å²) >= 11 is 0.811. The fraction of sp³-hybridized carbons (Fsp3) is 0.667. The number of hydrogen-bond donors (Lipinski definition) is 2. The highest BCUT2D eigenvalue weighted by atomic mass is 32.2. The lowest BCUT2D eigenvalue weighted by molar-refractivity contribution is -0.140. The van der Waals surface area contributed by atoms with E-state index in [-0.39, 0.29) is 5.25 Å². The monoisotopic (exact) mass is 501 g/mol. The molecular weight excluding hydrogens is 462 g/mol. The first-order chi connectivity index (χ1) is 15.9. The number of nitrogens with one attached hydrogen (secondary N) is 1. The molecule has 0 bridgehead atoms. The molecule has 0 saturated carbocycles. The zero-order valence-corrected chi connectivity index (χ0v) is 21.7. The molecule has 9 heteroatoms. The second-order valence-corrected chi connectivity index (χ2v) is 11.0. The van der Waals surface area contributed by atoms with Crippen LogP contribution in [-0.4, -0.2) is 57.9 Å². The number of carbonyl (C=O) groups excluding carboxylic acids is 1. The first kappa shape index (κ1) is 29.5. The molecule has 0 radical (unpaired) electrons. The van der Waals surface area contributed by atoms with Crippen LogP contribution in [0, 0.1) is 0 Å². The van der Waals surface area contributed by atoms with Crippen molar-refractivity contribution >= 4 is 35.3 Å². The lowest BCUT2D eigenvalue weighted by atomic mass is 10.1. The molecule has 2 unspecified atom stereocenters. The Hall–Kier alpha value is -1.58. The van der Waals surface area contributed by atoms with Crippen LogP contribution in [0.1, 0.15) is 64.4 Å². The Balaban J connectivity index is 0.000000420. The van der Waals surface area contributed by atoms with E-state index in [0.29, 0.717) is 19.6 Å². The average molecular weight is 502 g/mol. The Kier molecular flexibility index (Phi) is 15.9. The summed E-state index contributed by atoms with van der Waals surface area (Å²) in [4.78, 5) is 20.3.